The van der Waals surface area contributed by atoms with Crippen LogP contribution in [0.25, 0.3) is 6.08 Å². The molecule has 3 heterocycles. The number of piperidine rings is 2. The number of nitrogens with zero attached hydrogens (tertiary/aromatic N) is 3. The summed E-state index contributed by atoms with van der Waals surface area (Å²) in [5, 5.41) is 0. The van der Waals surface area contributed by atoms with Gasteiger partial charge in [-0.05, 0) is 76.0 Å². The quantitative estimate of drug-likeness (QED) is 0.611. The minimum absolute atomic E-state index is 0.0740. The monoisotopic (exact) mass is 439 g/mol. The van der Waals surface area contributed by atoms with Crippen LogP contribution in [0.2, 0.25) is 0 Å². The molecule has 1 aliphatic carbocycles. The Morgan fingerprint density at radius 3 is 2.31 bits per heavy atom. The van der Waals surface area contributed by atoms with Crippen LogP contribution in [0.15, 0.2) is 12.1 Å². The van der Waals surface area contributed by atoms with Crippen LogP contribution in [0.1, 0.15) is 87.7 Å². The molecule has 1 atom stereocenters. The first-order valence-corrected chi connectivity index (χ1v) is 12.9. The molecule has 0 spiro atoms. The third-order valence-electron chi connectivity index (χ3n) is 7.99. The lowest BCUT2D eigenvalue weighted by atomic mass is 9.92. The van der Waals surface area contributed by atoms with Crippen LogP contribution in [-0.2, 0) is 9.59 Å². The predicted molar refractivity (Wildman–Crippen MR) is 129 cm³/mol. The molecule has 5 nitrogen and oxygen atoms in total. The number of hydrogen-bond donors (Lipinski definition) is 0. The molecule has 0 aromatic carbocycles. The first-order valence-electron chi connectivity index (χ1n) is 12.9. The Balaban J connectivity index is 1.32. The molecule has 1 aromatic rings. The third-order valence-corrected chi connectivity index (χ3v) is 7.99. The van der Waals surface area contributed by atoms with Crippen LogP contribution in [0, 0.1) is 25.7 Å². The van der Waals surface area contributed by atoms with Crippen LogP contribution < -0.4 is 0 Å². The van der Waals surface area contributed by atoms with Gasteiger partial charge in [-0.2, -0.15) is 0 Å². The normalized spacial score (nSPS) is 23.8. The Hall–Kier alpha value is -2.04. The molecule has 0 N–H and O–H groups in total. The summed E-state index contributed by atoms with van der Waals surface area (Å²) in [5.74, 6) is 1.08. The molecule has 2 saturated heterocycles. The molecule has 3 fully saturated rings. The standard InChI is InChI=1S/C27H41N3O2/c1-20-8-7-15-29(19-20)27(32)23-13-16-28(17-14-23)26(31)12-11-24-18-21(2)30(22(24)3)25-9-5-4-6-10-25/h11-12,18,20,23,25H,4-10,13-17,19H2,1-3H3. The van der Waals surface area contributed by atoms with Gasteiger partial charge in [0.05, 0.1) is 0 Å². The maximum Gasteiger partial charge on any atom is 0.246 e. The first kappa shape index (κ1) is 23.1. The van der Waals surface area contributed by atoms with Crippen molar-refractivity contribution in [3.63, 3.8) is 0 Å². The van der Waals surface area contributed by atoms with Crippen LogP contribution in [0.5, 0.6) is 0 Å². The van der Waals surface area contributed by atoms with Gasteiger partial charge in [-0.25, -0.2) is 0 Å². The van der Waals surface area contributed by atoms with Crippen molar-refractivity contribution in [2.45, 2.75) is 84.6 Å². The molecule has 1 saturated carbocycles. The van der Waals surface area contributed by atoms with Gasteiger partial charge in [0.25, 0.3) is 0 Å². The van der Waals surface area contributed by atoms with Crippen molar-refractivity contribution >= 4 is 17.9 Å². The number of rotatable bonds is 4. The second-order valence-corrected chi connectivity index (χ2v) is 10.5. The van der Waals surface area contributed by atoms with Gasteiger partial charge in [0.15, 0.2) is 0 Å². The van der Waals surface area contributed by atoms with Gasteiger partial charge >= 0.3 is 0 Å². The number of likely N-dealkylation sites (tertiary alicyclic amines) is 2. The number of amides is 2. The highest BCUT2D eigenvalue weighted by molar-refractivity contribution is 5.92. The average Bonchev–Trinajstić information content (AvgIpc) is 3.10. The molecule has 1 aromatic heterocycles. The number of hydrogen-bond acceptors (Lipinski definition) is 2. The Kier molecular flexibility index (Phi) is 7.42. The van der Waals surface area contributed by atoms with E-state index in [1.54, 1.807) is 6.08 Å². The van der Waals surface area contributed by atoms with Gasteiger partial charge in [-0.15, -0.1) is 0 Å². The van der Waals surface area contributed by atoms with Crippen molar-refractivity contribution in [3.8, 4) is 0 Å². The van der Waals surface area contributed by atoms with Gasteiger partial charge in [0.1, 0.15) is 0 Å². The van der Waals surface area contributed by atoms with Crippen LogP contribution in [0.3, 0.4) is 0 Å². The highest BCUT2D eigenvalue weighted by Crippen LogP contribution is 2.32. The zero-order valence-corrected chi connectivity index (χ0v) is 20.3. The lowest BCUT2D eigenvalue weighted by molar-refractivity contribution is -0.140. The number of carbonyl (C=O) groups excluding carboxylic acids is 2. The van der Waals surface area contributed by atoms with Crippen molar-refractivity contribution in [2.75, 3.05) is 26.2 Å². The SMILES string of the molecule is Cc1cc(C=CC(=O)N2CCC(C(=O)N3CCCC(C)C3)CC2)c(C)n1C1CCCCC1. The van der Waals surface area contributed by atoms with Gasteiger partial charge in [0.2, 0.25) is 11.8 Å². The summed E-state index contributed by atoms with van der Waals surface area (Å²) in [6.45, 7) is 9.79. The molecule has 2 amide bonds. The van der Waals surface area contributed by atoms with Crippen molar-refractivity contribution in [1.82, 2.24) is 14.4 Å². The van der Waals surface area contributed by atoms with E-state index in [4.69, 9.17) is 0 Å². The maximum absolute atomic E-state index is 12.9. The summed E-state index contributed by atoms with van der Waals surface area (Å²) in [7, 11) is 0. The first-order chi connectivity index (χ1) is 15.4. The molecule has 2 aliphatic heterocycles. The summed E-state index contributed by atoms with van der Waals surface area (Å²) < 4.78 is 2.49. The van der Waals surface area contributed by atoms with E-state index in [1.807, 2.05) is 11.0 Å². The Labute approximate surface area is 193 Å². The zero-order chi connectivity index (χ0) is 22.7. The van der Waals surface area contributed by atoms with Crippen molar-refractivity contribution in [3.05, 3.63) is 29.1 Å². The van der Waals surface area contributed by atoms with E-state index < -0.39 is 0 Å². The van der Waals surface area contributed by atoms with Crippen LogP contribution in [0.4, 0.5) is 0 Å². The van der Waals surface area contributed by atoms with E-state index in [2.05, 4.69) is 36.3 Å². The molecule has 0 radical (unpaired) electrons. The van der Waals surface area contributed by atoms with Crippen LogP contribution in [-0.4, -0.2) is 52.4 Å². The topological polar surface area (TPSA) is 45.6 Å². The molecular formula is C27H41N3O2. The summed E-state index contributed by atoms with van der Waals surface area (Å²) in [6, 6.07) is 2.83. The molecule has 176 valence electrons. The van der Waals surface area contributed by atoms with E-state index in [9.17, 15) is 9.59 Å². The molecule has 0 bridgehead atoms. The summed E-state index contributed by atoms with van der Waals surface area (Å²) in [4.78, 5) is 29.7. The second kappa shape index (κ2) is 10.3. The van der Waals surface area contributed by atoms with E-state index >= 15 is 0 Å². The largest absolute Gasteiger partial charge is 0.346 e. The highest BCUT2D eigenvalue weighted by atomic mass is 16.2. The van der Waals surface area contributed by atoms with Crippen LogP contribution >= 0.6 is 0 Å². The fourth-order valence-corrected chi connectivity index (χ4v) is 6.13. The summed E-state index contributed by atoms with van der Waals surface area (Å²) in [6.07, 6.45) is 14.2. The third kappa shape index (κ3) is 5.13. The minimum Gasteiger partial charge on any atom is -0.346 e. The van der Waals surface area contributed by atoms with E-state index in [1.165, 1.54) is 49.9 Å². The van der Waals surface area contributed by atoms with Crippen molar-refractivity contribution in [2.24, 2.45) is 11.8 Å². The fraction of sp³-hybridized carbons (Fsp3) is 0.704. The smallest absolute Gasteiger partial charge is 0.246 e. The van der Waals surface area contributed by atoms with Gasteiger partial charge < -0.3 is 14.4 Å². The summed E-state index contributed by atoms with van der Waals surface area (Å²) in [5.41, 5.74) is 3.73. The second-order valence-electron chi connectivity index (χ2n) is 10.5. The maximum atomic E-state index is 12.9. The molecule has 32 heavy (non-hydrogen) atoms. The van der Waals surface area contributed by atoms with E-state index in [0.717, 1.165) is 37.9 Å². The minimum atomic E-state index is 0.0740. The Bertz CT molecular complexity index is 841. The zero-order valence-electron chi connectivity index (χ0n) is 20.3. The van der Waals surface area contributed by atoms with Crippen molar-refractivity contribution < 1.29 is 9.59 Å². The number of carbonyl (C=O) groups is 2. The van der Waals surface area contributed by atoms with Gasteiger partial charge in [0, 0.05) is 55.6 Å². The molecule has 4 rings (SSSR count). The molecule has 3 aliphatic rings. The van der Waals surface area contributed by atoms with E-state index in [0.29, 0.717) is 31.0 Å². The fourth-order valence-electron chi connectivity index (χ4n) is 6.13. The Morgan fingerprint density at radius 1 is 0.906 bits per heavy atom. The van der Waals surface area contributed by atoms with E-state index in [-0.39, 0.29) is 11.8 Å². The highest BCUT2D eigenvalue weighted by Gasteiger charge is 2.31. The van der Waals surface area contributed by atoms with Crippen molar-refractivity contribution in [1.29, 1.82) is 0 Å². The lowest BCUT2D eigenvalue weighted by Crippen LogP contribution is -2.46. The molecule has 1 unspecified atom stereocenters. The number of aromatic nitrogens is 1. The molecule has 5 heteroatoms. The number of aryl methyl sites for hydroxylation is 1. The average molecular weight is 440 g/mol. The lowest BCUT2D eigenvalue weighted by Gasteiger charge is -2.37. The van der Waals surface area contributed by atoms with Gasteiger partial charge in [-0.3, -0.25) is 9.59 Å². The Morgan fingerprint density at radius 2 is 1.62 bits per heavy atom. The molecular weight excluding hydrogens is 398 g/mol. The summed E-state index contributed by atoms with van der Waals surface area (Å²) >= 11 is 0. The van der Waals surface area contributed by atoms with Gasteiger partial charge in [-0.1, -0.05) is 26.2 Å². The predicted octanol–water partition coefficient (Wildman–Crippen LogP) is 5.12.